The summed E-state index contributed by atoms with van der Waals surface area (Å²) < 4.78 is 0. The van der Waals surface area contributed by atoms with Crippen molar-refractivity contribution in [2.75, 3.05) is 0 Å². The molecule has 2 rings (SSSR count). The van der Waals surface area contributed by atoms with E-state index in [1.807, 2.05) is 5.16 Å². The van der Waals surface area contributed by atoms with Gasteiger partial charge in [-0.2, -0.15) is 29.5 Å². The maximum absolute atomic E-state index is 2.52. The van der Waals surface area contributed by atoms with Gasteiger partial charge >= 0.3 is 37.7 Å². The van der Waals surface area contributed by atoms with Gasteiger partial charge in [0.1, 0.15) is 0 Å². The van der Waals surface area contributed by atoms with Crippen molar-refractivity contribution in [3.8, 4) is 0 Å². The van der Waals surface area contributed by atoms with E-state index in [1.54, 1.807) is 0 Å². The van der Waals surface area contributed by atoms with Crippen LogP contribution in [0.2, 0.25) is 39.3 Å². The van der Waals surface area contributed by atoms with Crippen molar-refractivity contribution >= 4 is 16.1 Å². The Balaban J connectivity index is 0.00000312. The van der Waals surface area contributed by atoms with Crippen molar-refractivity contribution in [3.63, 3.8) is 0 Å². The van der Waals surface area contributed by atoms with Crippen molar-refractivity contribution in [1.29, 1.82) is 0 Å². The van der Waals surface area contributed by atoms with Crippen LogP contribution in [0.1, 0.15) is 24.0 Å². The molecule has 0 N–H and O–H groups in total. The first kappa shape index (κ1) is 25.9. The fourth-order valence-electron chi connectivity index (χ4n) is 4.14. The summed E-state index contributed by atoms with van der Waals surface area (Å²) in [6, 6.07) is 22.1. The first-order valence-electron chi connectivity index (χ1n) is 8.94. The van der Waals surface area contributed by atoms with Gasteiger partial charge in [-0.3, -0.25) is 0 Å². The fraction of sp³-hybridized carbons (Fsp3) is 0.364. The van der Waals surface area contributed by atoms with E-state index >= 15 is 0 Å². The van der Waals surface area contributed by atoms with Crippen LogP contribution in [0.25, 0.3) is 0 Å². The van der Waals surface area contributed by atoms with Gasteiger partial charge in [0.2, 0.25) is 0 Å². The molecule has 2 aromatic carbocycles. The summed E-state index contributed by atoms with van der Waals surface area (Å²) in [6.07, 6.45) is 0. The van der Waals surface area contributed by atoms with Crippen LogP contribution in [0.4, 0.5) is 0 Å². The van der Waals surface area contributed by atoms with Crippen LogP contribution in [0.15, 0.2) is 60.7 Å². The van der Waals surface area contributed by atoms with Crippen molar-refractivity contribution in [2.45, 2.75) is 52.1 Å². The molecule has 0 aliphatic heterocycles. The van der Waals surface area contributed by atoms with Crippen molar-refractivity contribution in [2.24, 2.45) is 0 Å². The molecule has 0 saturated heterocycles. The second kappa shape index (κ2) is 10.5. The maximum Gasteiger partial charge on any atom is 1.00 e. The molecule has 0 aliphatic carbocycles. The van der Waals surface area contributed by atoms with Gasteiger partial charge in [0.15, 0.2) is 0 Å². The molecule has 4 heteroatoms. The first-order valence-corrected chi connectivity index (χ1v) is 15.9. The third kappa shape index (κ3) is 6.52. The van der Waals surface area contributed by atoms with Gasteiger partial charge in [0, 0.05) is 0 Å². The zero-order valence-corrected chi connectivity index (χ0v) is 20.4. The molecule has 0 spiro atoms. The summed E-state index contributed by atoms with van der Waals surface area (Å²) >= 11 is 0. The van der Waals surface area contributed by atoms with Gasteiger partial charge in [-0.1, -0.05) is 88.2 Å². The first-order chi connectivity index (χ1) is 11.1. The van der Waals surface area contributed by atoms with Crippen LogP contribution in [0.3, 0.4) is 0 Å². The average Bonchev–Trinajstić information content (AvgIpc) is 2.51. The number of hydrogen-bond acceptors (Lipinski definition) is 0. The quantitative estimate of drug-likeness (QED) is 0.523. The Morgan fingerprint density at radius 2 is 1.04 bits per heavy atom. The Morgan fingerprint density at radius 3 is 1.42 bits per heavy atom. The Morgan fingerprint density at radius 1 is 0.654 bits per heavy atom. The Bertz CT molecular complexity index is 617. The molecule has 0 nitrogen and oxygen atoms in total. The van der Waals surface area contributed by atoms with Crippen LogP contribution in [-0.4, -0.2) is 16.1 Å². The second-order valence-corrected chi connectivity index (χ2v) is 19.4. The van der Waals surface area contributed by atoms with E-state index in [0.29, 0.717) is 5.92 Å². The van der Waals surface area contributed by atoms with Gasteiger partial charge in [-0.15, -0.1) is 28.3 Å². The SMILES string of the molecule is C[C-](c1ccccc1)C(c1ccccc1)[C-]([Si](C)(C)C)[Si](C)(C)C.[Li+].[Li+]. The fourth-order valence-corrected chi connectivity index (χ4v) is 15.6. The Labute approximate surface area is 187 Å². The molecule has 0 fully saturated rings. The minimum Gasteiger partial charge on any atom is -0.312 e. The molecule has 0 heterocycles. The minimum absolute atomic E-state index is 0. The van der Waals surface area contributed by atoms with Crippen LogP contribution in [0.5, 0.6) is 0 Å². The molecule has 0 saturated carbocycles. The smallest absolute Gasteiger partial charge is 0.312 e. The van der Waals surface area contributed by atoms with Crippen LogP contribution >= 0.6 is 0 Å². The standard InChI is InChI=1S/C22H32Si2.2Li/c1-18(19-14-10-8-11-15-19)21(20-16-12-9-13-17-20)22(23(2,3)4)24(5,6)7;;/h8-17,21H,1-7H3;;/q-2;2*+1. The number of rotatable bonds is 6. The monoisotopic (exact) mass is 366 g/mol. The summed E-state index contributed by atoms with van der Waals surface area (Å²) in [5.74, 6) is 1.95. The van der Waals surface area contributed by atoms with E-state index in [1.165, 1.54) is 17.0 Å². The van der Waals surface area contributed by atoms with Gasteiger partial charge in [-0.25, -0.2) is 0 Å². The molecule has 2 aromatic rings. The molecule has 0 aliphatic rings. The molecule has 26 heavy (non-hydrogen) atoms. The third-order valence-corrected chi connectivity index (χ3v) is 13.0. The zero-order valence-electron chi connectivity index (χ0n) is 18.4. The van der Waals surface area contributed by atoms with E-state index in [0.717, 1.165) is 0 Å². The molecule has 0 radical (unpaired) electrons. The van der Waals surface area contributed by atoms with Crippen molar-refractivity contribution in [3.05, 3.63) is 82.9 Å². The van der Waals surface area contributed by atoms with Crippen molar-refractivity contribution in [1.82, 2.24) is 0 Å². The second-order valence-electron chi connectivity index (χ2n) is 8.81. The van der Waals surface area contributed by atoms with E-state index < -0.39 is 16.1 Å². The Kier molecular flexibility index (Phi) is 10.4. The average molecular weight is 367 g/mol. The number of hydrogen-bond donors (Lipinski definition) is 0. The molecule has 130 valence electrons. The topological polar surface area (TPSA) is 0 Å². The maximum atomic E-state index is 2.52. The molecule has 0 amide bonds. The molecule has 1 atom stereocenters. The molecule has 1 unspecified atom stereocenters. The van der Waals surface area contributed by atoms with Gasteiger partial charge in [0.25, 0.3) is 0 Å². The van der Waals surface area contributed by atoms with E-state index in [9.17, 15) is 0 Å². The van der Waals surface area contributed by atoms with Gasteiger partial charge in [0.05, 0.1) is 0 Å². The summed E-state index contributed by atoms with van der Waals surface area (Å²) in [5.41, 5.74) is 2.83. The summed E-state index contributed by atoms with van der Waals surface area (Å²) in [5, 5.41) is 1.86. The summed E-state index contributed by atoms with van der Waals surface area (Å²) in [7, 11) is -2.81. The molecular formula is C22H32Li2Si2. The summed E-state index contributed by atoms with van der Waals surface area (Å²) in [4.78, 5) is 0. The predicted molar refractivity (Wildman–Crippen MR) is 114 cm³/mol. The minimum atomic E-state index is -1.41. The van der Waals surface area contributed by atoms with Crippen LogP contribution in [-0.2, 0) is 0 Å². The zero-order chi connectivity index (χ0) is 18.0. The van der Waals surface area contributed by atoms with E-state index in [4.69, 9.17) is 0 Å². The molecule has 0 bridgehead atoms. The third-order valence-electron chi connectivity index (χ3n) is 4.70. The van der Waals surface area contributed by atoms with E-state index in [-0.39, 0.29) is 37.7 Å². The molecular weight excluding hydrogens is 334 g/mol. The predicted octanol–water partition coefficient (Wildman–Crippen LogP) is 0.750. The normalized spacial score (nSPS) is 12.8. The van der Waals surface area contributed by atoms with Gasteiger partial charge < -0.3 is 5.16 Å². The van der Waals surface area contributed by atoms with Crippen molar-refractivity contribution < 1.29 is 37.7 Å². The van der Waals surface area contributed by atoms with Crippen LogP contribution in [0, 0.1) is 11.1 Å². The largest absolute Gasteiger partial charge is 1.00 e. The van der Waals surface area contributed by atoms with Crippen LogP contribution < -0.4 is 37.7 Å². The molecule has 0 aromatic heterocycles. The van der Waals surface area contributed by atoms with E-state index in [2.05, 4.69) is 107 Å². The summed E-state index contributed by atoms with van der Waals surface area (Å²) in [6.45, 7) is 17.5. The Hall–Kier alpha value is -0.0614. The number of benzene rings is 2. The van der Waals surface area contributed by atoms with Gasteiger partial charge in [-0.05, 0) is 0 Å².